The minimum Gasteiger partial charge on any atom is -0.380 e. The molecule has 0 aromatic heterocycles. The van der Waals surface area contributed by atoms with E-state index in [9.17, 15) is 4.39 Å². The van der Waals surface area contributed by atoms with Gasteiger partial charge in [0.2, 0.25) is 0 Å². The molecule has 1 heterocycles. The van der Waals surface area contributed by atoms with Gasteiger partial charge in [-0.15, -0.1) is 0 Å². The zero-order valence-electron chi connectivity index (χ0n) is 11.9. The van der Waals surface area contributed by atoms with Gasteiger partial charge in [0, 0.05) is 37.5 Å². The van der Waals surface area contributed by atoms with Crippen LogP contribution < -0.4 is 10.2 Å². The van der Waals surface area contributed by atoms with Gasteiger partial charge in [-0.1, -0.05) is 13.0 Å². The van der Waals surface area contributed by atoms with Crippen LogP contribution >= 0.6 is 0 Å². The molecule has 2 rings (SSSR count). The third-order valence-electron chi connectivity index (χ3n) is 3.79. The monoisotopic (exact) mass is 266 g/mol. The summed E-state index contributed by atoms with van der Waals surface area (Å²) in [4.78, 5) is 2.22. The summed E-state index contributed by atoms with van der Waals surface area (Å²) in [5, 5.41) is 3.29. The third-order valence-corrected chi connectivity index (χ3v) is 3.79. The van der Waals surface area contributed by atoms with Gasteiger partial charge in [0.1, 0.15) is 5.82 Å². The third kappa shape index (κ3) is 3.07. The lowest BCUT2D eigenvalue weighted by Crippen LogP contribution is -2.27. The molecule has 106 valence electrons. The summed E-state index contributed by atoms with van der Waals surface area (Å²) in [6.45, 7) is 6.64. The van der Waals surface area contributed by atoms with Crippen LogP contribution in [0.25, 0.3) is 0 Å². The summed E-state index contributed by atoms with van der Waals surface area (Å²) < 4.78 is 19.5. The highest BCUT2D eigenvalue weighted by molar-refractivity contribution is 5.56. The van der Waals surface area contributed by atoms with Crippen LogP contribution in [0, 0.1) is 5.82 Å². The number of ether oxygens (including phenoxy) is 1. The first-order chi connectivity index (χ1) is 9.17. The molecule has 1 aliphatic rings. The highest BCUT2D eigenvalue weighted by Gasteiger charge is 2.26. The molecule has 0 aliphatic carbocycles. The molecular formula is C15H23FN2O. The van der Waals surface area contributed by atoms with Crippen molar-refractivity contribution in [1.82, 2.24) is 5.32 Å². The number of hydrogen-bond donors (Lipinski definition) is 1. The van der Waals surface area contributed by atoms with Crippen molar-refractivity contribution in [2.45, 2.75) is 32.4 Å². The number of halogens is 1. The molecule has 2 atom stereocenters. The average molecular weight is 266 g/mol. The Balaban J connectivity index is 2.27. The van der Waals surface area contributed by atoms with E-state index in [-0.39, 0.29) is 18.0 Å². The molecule has 1 aromatic rings. The molecule has 2 unspecified atom stereocenters. The number of hydrogen-bond acceptors (Lipinski definition) is 3. The van der Waals surface area contributed by atoms with E-state index < -0.39 is 0 Å². The van der Waals surface area contributed by atoms with Crippen LogP contribution in [-0.2, 0) is 4.74 Å². The van der Waals surface area contributed by atoms with Crippen molar-refractivity contribution in [3.63, 3.8) is 0 Å². The van der Waals surface area contributed by atoms with E-state index in [0.29, 0.717) is 0 Å². The Morgan fingerprint density at radius 2 is 2.32 bits per heavy atom. The van der Waals surface area contributed by atoms with E-state index in [1.165, 1.54) is 6.07 Å². The Hall–Kier alpha value is -1.13. The van der Waals surface area contributed by atoms with Crippen LogP contribution in [0.1, 0.15) is 31.9 Å². The normalized spacial score (nSPS) is 20.8. The van der Waals surface area contributed by atoms with Gasteiger partial charge in [-0.25, -0.2) is 4.39 Å². The van der Waals surface area contributed by atoms with Crippen LogP contribution in [0.2, 0.25) is 0 Å². The maximum absolute atomic E-state index is 14.2. The number of nitrogens with one attached hydrogen (secondary N) is 1. The fourth-order valence-electron chi connectivity index (χ4n) is 2.78. The molecule has 0 spiro atoms. The van der Waals surface area contributed by atoms with Crippen molar-refractivity contribution in [2.75, 3.05) is 31.6 Å². The van der Waals surface area contributed by atoms with E-state index in [1.54, 1.807) is 13.2 Å². The maximum Gasteiger partial charge on any atom is 0.130 e. The lowest BCUT2D eigenvalue weighted by Gasteiger charge is -2.25. The first kappa shape index (κ1) is 14.3. The topological polar surface area (TPSA) is 24.5 Å². The Morgan fingerprint density at radius 1 is 1.53 bits per heavy atom. The summed E-state index contributed by atoms with van der Waals surface area (Å²) in [5.74, 6) is -0.133. The second kappa shape index (κ2) is 6.35. The molecule has 1 aliphatic heterocycles. The standard InChI is InChI=1S/C15H23FN2O/c1-4-17-11(2)15-13(16)6-5-7-14(15)18-9-8-12(10-18)19-3/h5-7,11-12,17H,4,8-10H2,1-3H3. The zero-order valence-corrected chi connectivity index (χ0v) is 11.9. The molecule has 3 nitrogen and oxygen atoms in total. The molecule has 0 saturated carbocycles. The highest BCUT2D eigenvalue weighted by atomic mass is 19.1. The van der Waals surface area contributed by atoms with Gasteiger partial charge >= 0.3 is 0 Å². The Labute approximate surface area is 114 Å². The van der Waals surface area contributed by atoms with E-state index in [4.69, 9.17) is 4.74 Å². The van der Waals surface area contributed by atoms with E-state index >= 15 is 0 Å². The van der Waals surface area contributed by atoms with Crippen molar-refractivity contribution >= 4 is 5.69 Å². The first-order valence-corrected chi connectivity index (χ1v) is 6.96. The molecule has 1 fully saturated rings. The van der Waals surface area contributed by atoms with Crippen molar-refractivity contribution in [3.05, 3.63) is 29.6 Å². The van der Waals surface area contributed by atoms with Crippen molar-refractivity contribution in [2.24, 2.45) is 0 Å². The molecule has 0 amide bonds. The largest absolute Gasteiger partial charge is 0.380 e. The maximum atomic E-state index is 14.2. The van der Waals surface area contributed by atoms with Crippen LogP contribution in [0.5, 0.6) is 0 Å². The lowest BCUT2D eigenvalue weighted by molar-refractivity contribution is 0.121. The molecule has 4 heteroatoms. The average Bonchev–Trinajstić information content (AvgIpc) is 2.87. The smallest absolute Gasteiger partial charge is 0.130 e. The van der Waals surface area contributed by atoms with Crippen LogP contribution in [0.3, 0.4) is 0 Å². The zero-order chi connectivity index (χ0) is 13.8. The summed E-state index contributed by atoms with van der Waals surface area (Å²) in [6.07, 6.45) is 1.26. The van der Waals surface area contributed by atoms with Crippen LogP contribution in [-0.4, -0.2) is 32.8 Å². The first-order valence-electron chi connectivity index (χ1n) is 6.96. The fraction of sp³-hybridized carbons (Fsp3) is 0.600. The summed E-state index contributed by atoms with van der Waals surface area (Å²) >= 11 is 0. The van der Waals surface area contributed by atoms with Gasteiger partial charge < -0.3 is 15.0 Å². The van der Waals surface area contributed by atoms with Gasteiger partial charge in [0.15, 0.2) is 0 Å². The second-order valence-corrected chi connectivity index (χ2v) is 5.04. The number of methoxy groups -OCH3 is 1. The lowest BCUT2D eigenvalue weighted by atomic mass is 10.0. The Kier molecular flexibility index (Phi) is 4.77. The predicted molar refractivity (Wildman–Crippen MR) is 76.1 cm³/mol. The molecule has 1 saturated heterocycles. The van der Waals surface area contributed by atoms with Gasteiger partial charge in [-0.3, -0.25) is 0 Å². The van der Waals surface area contributed by atoms with Gasteiger partial charge in [-0.05, 0) is 32.0 Å². The number of nitrogens with zero attached hydrogens (tertiary/aromatic N) is 1. The van der Waals surface area contributed by atoms with Crippen molar-refractivity contribution in [3.8, 4) is 0 Å². The second-order valence-electron chi connectivity index (χ2n) is 5.04. The number of benzene rings is 1. The molecule has 0 bridgehead atoms. The Bertz CT molecular complexity index is 425. The van der Waals surface area contributed by atoms with E-state index in [0.717, 1.165) is 37.3 Å². The summed E-state index contributed by atoms with van der Waals surface area (Å²) in [5.41, 5.74) is 1.76. The van der Waals surface area contributed by atoms with Crippen molar-refractivity contribution < 1.29 is 9.13 Å². The van der Waals surface area contributed by atoms with E-state index in [1.807, 2.05) is 19.9 Å². The number of rotatable bonds is 5. The van der Waals surface area contributed by atoms with Crippen molar-refractivity contribution in [1.29, 1.82) is 0 Å². The summed E-state index contributed by atoms with van der Waals surface area (Å²) in [6, 6.07) is 5.34. The molecular weight excluding hydrogens is 243 g/mol. The quantitative estimate of drug-likeness (QED) is 0.887. The number of anilines is 1. The minimum absolute atomic E-state index is 0.0165. The molecule has 1 aromatic carbocycles. The molecule has 1 N–H and O–H groups in total. The minimum atomic E-state index is -0.133. The SMILES string of the molecule is CCNC(C)c1c(F)cccc1N1CCC(OC)C1. The van der Waals surface area contributed by atoms with E-state index in [2.05, 4.69) is 10.2 Å². The predicted octanol–water partition coefficient (Wildman–Crippen LogP) is 2.72. The van der Waals surface area contributed by atoms with Crippen LogP contribution in [0.15, 0.2) is 18.2 Å². The fourth-order valence-corrected chi connectivity index (χ4v) is 2.78. The molecule has 19 heavy (non-hydrogen) atoms. The molecule has 0 radical (unpaired) electrons. The summed E-state index contributed by atoms with van der Waals surface area (Å²) in [7, 11) is 1.74. The van der Waals surface area contributed by atoms with Crippen LogP contribution in [0.4, 0.5) is 10.1 Å². The van der Waals surface area contributed by atoms with Gasteiger partial charge in [-0.2, -0.15) is 0 Å². The van der Waals surface area contributed by atoms with Gasteiger partial charge in [0.05, 0.1) is 6.10 Å². The van der Waals surface area contributed by atoms with Gasteiger partial charge in [0.25, 0.3) is 0 Å². The highest BCUT2D eigenvalue weighted by Crippen LogP contribution is 2.31. The Morgan fingerprint density at radius 3 is 2.95 bits per heavy atom.